The van der Waals surface area contributed by atoms with E-state index in [-0.39, 0.29) is 16.4 Å². The van der Waals surface area contributed by atoms with Gasteiger partial charge < -0.3 is 10.6 Å². The lowest BCUT2D eigenvalue weighted by Crippen LogP contribution is -2.34. The van der Waals surface area contributed by atoms with Gasteiger partial charge in [0.05, 0.1) is 0 Å². The predicted molar refractivity (Wildman–Crippen MR) is 133 cm³/mol. The monoisotopic (exact) mass is 481 g/mol. The van der Waals surface area contributed by atoms with Gasteiger partial charge in [0.2, 0.25) is 0 Å². The molecule has 3 N–H and O–H groups in total. The van der Waals surface area contributed by atoms with Crippen LogP contribution in [0.5, 0.6) is 0 Å². The summed E-state index contributed by atoms with van der Waals surface area (Å²) >= 11 is 8.86. The molecule has 0 aromatic heterocycles. The molecule has 0 radical (unpaired) electrons. The zero-order valence-electron chi connectivity index (χ0n) is 17.1. The zero-order chi connectivity index (χ0) is 21.7. The maximum atomic E-state index is 12.5. The lowest BCUT2D eigenvalue weighted by Gasteiger charge is -2.21. The van der Waals surface area contributed by atoms with Crippen LogP contribution >= 0.6 is 28.1 Å². The van der Waals surface area contributed by atoms with Crippen LogP contribution in [0.4, 0.5) is 17.1 Å². The third kappa shape index (κ3) is 5.90. The normalized spacial score (nSPS) is 10.9. The summed E-state index contributed by atoms with van der Waals surface area (Å²) in [5, 5.41) is 9.35. The highest BCUT2D eigenvalue weighted by Gasteiger charge is 2.18. The Balaban J connectivity index is 1.58. The Morgan fingerprint density at radius 1 is 0.867 bits per heavy atom. The molecule has 0 unspecified atom stereocenters. The third-order valence-electron chi connectivity index (χ3n) is 4.47. The van der Waals surface area contributed by atoms with Crippen LogP contribution in [0.3, 0.4) is 0 Å². The topological polar surface area (TPSA) is 53.2 Å². The molecular formula is C24H24BrN3OS. The van der Waals surface area contributed by atoms with E-state index in [1.165, 1.54) is 0 Å². The van der Waals surface area contributed by atoms with Crippen LogP contribution in [0, 0.1) is 0 Å². The van der Waals surface area contributed by atoms with E-state index in [0.29, 0.717) is 5.56 Å². The minimum absolute atomic E-state index is 0.00771. The Bertz CT molecular complexity index is 1040. The first-order chi connectivity index (χ1) is 14.2. The van der Waals surface area contributed by atoms with Gasteiger partial charge in [0.25, 0.3) is 5.91 Å². The largest absolute Gasteiger partial charge is 0.356 e. The molecule has 4 nitrogen and oxygen atoms in total. The van der Waals surface area contributed by atoms with Crippen molar-refractivity contribution in [2.45, 2.75) is 26.2 Å². The summed E-state index contributed by atoms with van der Waals surface area (Å²) in [5.41, 5.74) is 4.45. The van der Waals surface area contributed by atoms with Crippen molar-refractivity contribution in [3.63, 3.8) is 0 Å². The number of nitrogens with one attached hydrogen (secondary N) is 3. The molecule has 0 atom stereocenters. The second-order valence-corrected chi connectivity index (χ2v) is 9.18. The summed E-state index contributed by atoms with van der Waals surface area (Å²) in [7, 11) is 0. The lowest BCUT2D eigenvalue weighted by atomic mass is 9.86. The minimum atomic E-state index is -0.254. The first kappa shape index (κ1) is 22.0. The Morgan fingerprint density at radius 2 is 1.47 bits per heavy atom. The minimum Gasteiger partial charge on any atom is -0.356 e. The lowest BCUT2D eigenvalue weighted by molar-refractivity contribution is 0.0977. The van der Waals surface area contributed by atoms with Gasteiger partial charge >= 0.3 is 0 Å². The van der Waals surface area contributed by atoms with E-state index in [1.807, 2.05) is 72.8 Å². The number of benzene rings is 3. The van der Waals surface area contributed by atoms with Crippen LogP contribution in [0.1, 0.15) is 36.7 Å². The fourth-order valence-electron chi connectivity index (χ4n) is 2.93. The molecule has 0 spiro atoms. The Kier molecular flexibility index (Phi) is 6.90. The Hall–Kier alpha value is -2.70. The number of amides is 1. The zero-order valence-corrected chi connectivity index (χ0v) is 19.5. The number of hydrogen-bond donors (Lipinski definition) is 3. The summed E-state index contributed by atoms with van der Waals surface area (Å²) in [6, 6.07) is 23.2. The average Bonchev–Trinajstić information content (AvgIpc) is 2.69. The molecule has 0 aliphatic carbocycles. The molecule has 0 aliphatic rings. The molecule has 6 heteroatoms. The fourth-order valence-corrected chi connectivity index (χ4v) is 4.11. The standard InChI is InChI=1S/C24H24BrN3OS/c1-24(2,3)20-14-9-16(15-21(20)25)22(29)28-23(30)27-19-12-10-18(11-13-19)26-17-7-5-4-6-8-17/h4-15,26H,1-3H3,(H2,27,28,29,30). The highest BCUT2D eigenvalue weighted by Crippen LogP contribution is 2.30. The van der Waals surface area contributed by atoms with Crippen LogP contribution in [0.25, 0.3) is 0 Å². The molecule has 0 saturated carbocycles. The van der Waals surface area contributed by atoms with E-state index in [4.69, 9.17) is 12.2 Å². The molecule has 30 heavy (non-hydrogen) atoms. The van der Waals surface area contributed by atoms with E-state index in [9.17, 15) is 4.79 Å². The molecule has 0 saturated heterocycles. The Morgan fingerprint density at radius 3 is 2.07 bits per heavy atom. The highest BCUT2D eigenvalue weighted by atomic mass is 79.9. The smallest absolute Gasteiger partial charge is 0.257 e. The molecule has 1 amide bonds. The van der Waals surface area contributed by atoms with Crippen LogP contribution < -0.4 is 16.0 Å². The summed E-state index contributed by atoms with van der Waals surface area (Å²) in [4.78, 5) is 12.5. The van der Waals surface area contributed by atoms with E-state index in [1.54, 1.807) is 0 Å². The van der Waals surface area contributed by atoms with Crippen LogP contribution in [-0.2, 0) is 5.41 Å². The van der Waals surface area contributed by atoms with Crippen molar-refractivity contribution in [1.82, 2.24) is 5.32 Å². The number of halogens is 1. The molecule has 3 aromatic carbocycles. The van der Waals surface area contributed by atoms with Crippen molar-refractivity contribution in [3.8, 4) is 0 Å². The van der Waals surface area contributed by atoms with Crippen molar-refractivity contribution in [2.75, 3.05) is 10.6 Å². The maximum absolute atomic E-state index is 12.5. The molecule has 0 fully saturated rings. The van der Waals surface area contributed by atoms with Crippen LogP contribution in [0.2, 0.25) is 0 Å². The Labute approximate surface area is 191 Å². The van der Waals surface area contributed by atoms with Crippen molar-refractivity contribution >= 4 is 56.2 Å². The quantitative estimate of drug-likeness (QED) is 0.366. The van der Waals surface area contributed by atoms with Crippen molar-refractivity contribution < 1.29 is 4.79 Å². The summed E-state index contributed by atoms with van der Waals surface area (Å²) in [5.74, 6) is -0.254. The fraction of sp³-hybridized carbons (Fsp3) is 0.167. The summed E-state index contributed by atoms with van der Waals surface area (Å²) in [6.45, 7) is 6.39. The van der Waals surface area contributed by atoms with Gasteiger partial charge in [-0.2, -0.15) is 0 Å². The number of anilines is 3. The first-order valence-corrected chi connectivity index (χ1v) is 10.8. The predicted octanol–water partition coefficient (Wildman–Crippen LogP) is 6.62. The summed E-state index contributed by atoms with van der Waals surface area (Å²) in [6.07, 6.45) is 0. The van der Waals surface area contributed by atoms with Gasteiger partial charge in [-0.1, -0.05) is 61.0 Å². The van der Waals surface area contributed by atoms with Gasteiger partial charge in [0.1, 0.15) is 0 Å². The molecule has 0 bridgehead atoms. The molecule has 3 rings (SSSR count). The van der Waals surface area contributed by atoms with Gasteiger partial charge in [-0.15, -0.1) is 0 Å². The molecule has 3 aromatic rings. The average molecular weight is 482 g/mol. The van der Waals surface area contributed by atoms with E-state index in [0.717, 1.165) is 27.1 Å². The SMILES string of the molecule is CC(C)(C)c1ccc(C(=O)NC(=S)Nc2ccc(Nc3ccccc3)cc2)cc1Br. The van der Waals surface area contributed by atoms with Gasteiger partial charge in [-0.3, -0.25) is 10.1 Å². The van der Waals surface area contributed by atoms with E-state index >= 15 is 0 Å². The van der Waals surface area contributed by atoms with Gasteiger partial charge in [-0.05, 0) is 71.7 Å². The van der Waals surface area contributed by atoms with Crippen molar-refractivity contribution in [3.05, 3.63) is 88.4 Å². The van der Waals surface area contributed by atoms with E-state index < -0.39 is 0 Å². The van der Waals surface area contributed by atoms with Gasteiger partial charge in [-0.25, -0.2) is 0 Å². The van der Waals surface area contributed by atoms with E-state index in [2.05, 4.69) is 52.7 Å². The van der Waals surface area contributed by atoms with Crippen molar-refractivity contribution in [1.29, 1.82) is 0 Å². The van der Waals surface area contributed by atoms with Gasteiger partial charge in [0.15, 0.2) is 5.11 Å². The number of carbonyl (C=O) groups excluding carboxylic acids is 1. The number of rotatable bonds is 4. The molecule has 154 valence electrons. The van der Waals surface area contributed by atoms with Crippen LogP contribution in [0.15, 0.2) is 77.3 Å². The first-order valence-electron chi connectivity index (χ1n) is 9.57. The highest BCUT2D eigenvalue weighted by molar-refractivity contribution is 9.10. The van der Waals surface area contributed by atoms with Crippen molar-refractivity contribution in [2.24, 2.45) is 0 Å². The van der Waals surface area contributed by atoms with Gasteiger partial charge in [0, 0.05) is 27.1 Å². The number of thiocarbonyl (C=S) groups is 1. The maximum Gasteiger partial charge on any atom is 0.257 e. The second-order valence-electron chi connectivity index (χ2n) is 7.92. The second kappa shape index (κ2) is 9.41. The number of hydrogen-bond acceptors (Lipinski definition) is 3. The van der Waals surface area contributed by atoms with Crippen LogP contribution in [-0.4, -0.2) is 11.0 Å². The number of para-hydroxylation sites is 1. The molecule has 0 heterocycles. The summed E-state index contributed by atoms with van der Waals surface area (Å²) < 4.78 is 0.906. The number of carbonyl (C=O) groups is 1. The molecular weight excluding hydrogens is 458 g/mol. The third-order valence-corrected chi connectivity index (χ3v) is 5.33. The molecule has 0 aliphatic heterocycles.